The molecule has 0 unspecified atom stereocenters. The third-order valence-corrected chi connectivity index (χ3v) is 1.70. The van der Waals surface area contributed by atoms with Gasteiger partial charge in [0.25, 0.3) is 0 Å². The van der Waals surface area contributed by atoms with Crippen molar-refractivity contribution in [2.24, 2.45) is 0 Å². The zero-order valence-electron chi connectivity index (χ0n) is 5.96. The first-order valence-corrected chi connectivity index (χ1v) is 3.34. The van der Waals surface area contributed by atoms with Gasteiger partial charge in [0.1, 0.15) is 11.6 Å². The van der Waals surface area contributed by atoms with Crippen molar-refractivity contribution in [2.75, 3.05) is 0 Å². The zero-order valence-corrected chi connectivity index (χ0v) is 5.96. The molecule has 2 aromatic rings. The van der Waals surface area contributed by atoms with Crippen LogP contribution < -0.4 is 0 Å². The van der Waals surface area contributed by atoms with Crippen molar-refractivity contribution in [2.45, 2.75) is 0 Å². The molecule has 1 N–H and O–H groups in total. The van der Waals surface area contributed by atoms with E-state index in [-0.39, 0.29) is 10.9 Å². The maximum Gasteiger partial charge on any atom is 0.135 e. The van der Waals surface area contributed by atoms with E-state index in [1.807, 2.05) is 0 Å². The maximum atomic E-state index is 12.9. The van der Waals surface area contributed by atoms with Crippen LogP contribution in [0.3, 0.4) is 0 Å². The molecule has 0 saturated heterocycles. The summed E-state index contributed by atoms with van der Waals surface area (Å²) in [6.07, 6.45) is 1.26. The van der Waals surface area contributed by atoms with Crippen LogP contribution in [-0.2, 0) is 0 Å². The van der Waals surface area contributed by atoms with Crippen LogP contribution in [0.4, 0.5) is 8.78 Å². The molecule has 1 aromatic heterocycles. The van der Waals surface area contributed by atoms with Gasteiger partial charge in [-0.15, -0.1) is 0 Å². The van der Waals surface area contributed by atoms with Crippen LogP contribution >= 0.6 is 0 Å². The van der Waals surface area contributed by atoms with Gasteiger partial charge in [-0.05, 0) is 6.07 Å². The molecule has 0 fully saturated rings. The van der Waals surface area contributed by atoms with Gasteiger partial charge < -0.3 is 5.21 Å². The summed E-state index contributed by atoms with van der Waals surface area (Å²) in [5, 5.41) is 9.25. The van der Waals surface area contributed by atoms with E-state index in [0.29, 0.717) is 4.73 Å². The van der Waals surface area contributed by atoms with Gasteiger partial charge >= 0.3 is 0 Å². The molecule has 1 aromatic carbocycles. The summed E-state index contributed by atoms with van der Waals surface area (Å²) >= 11 is 0. The predicted molar refractivity (Wildman–Crippen MR) is 39.0 cm³/mol. The molecule has 0 aliphatic rings. The fraction of sp³-hybridized carbons (Fsp3) is 0. The molecule has 1 heterocycles. The largest absolute Gasteiger partial charge is 0.428 e. The Labute approximate surface area is 66.6 Å². The minimum absolute atomic E-state index is 0.132. The van der Waals surface area contributed by atoms with Gasteiger partial charge in [-0.3, -0.25) is 0 Å². The SMILES string of the molecule is On1ccc2c(F)cc(F)cc21. The summed E-state index contributed by atoms with van der Waals surface area (Å²) in [6, 6.07) is 3.23. The van der Waals surface area contributed by atoms with Crippen LogP contribution in [-0.4, -0.2) is 9.94 Å². The van der Waals surface area contributed by atoms with Gasteiger partial charge in [-0.25, -0.2) is 8.78 Å². The third kappa shape index (κ3) is 0.845. The number of halogens is 2. The lowest BCUT2D eigenvalue weighted by Gasteiger charge is -1.95. The standard InChI is InChI=1S/C8H5F2NO/c9-5-3-7(10)6-1-2-11(12)8(6)4-5/h1-4,12H. The topological polar surface area (TPSA) is 25.2 Å². The number of hydrogen-bond donors (Lipinski definition) is 1. The predicted octanol–water partition coefficient (Wildman–Crippen LogP) is 2.16. The third-order valence-electron chi connectivity index (χ3n) is 1.70. The highest BCUT2D eigenvalue weighted by Crippen LogP contribution is 2.19. The number of benzene rings is 1. The Balaban J connectivity index is 2.92. The van der Waals surface area contributed by atoms with Crippen LogP contribution in [0.25, 0.3) is 10.9 Å². The fourth-order valence-corrected chi connectivity index (χ4v) is 1.15. The fourth-order valence-electron chi connectivity index (χ4n) is 1.15. The average Bonchev–Trinajstić information content (AvgIpc) is 2.33. The summed E-state index contributed by atoms with van der Waals surface area (Å²) in [7, 11) is 0. The molecule has 62 valence electrons. The summed E-state index contributed by atoms with van der Waals surface area (Å²) in [5.41, 5.74) is 0.132. The van der Waals surface area contributed by atoms with Crippen molar-refractivity contribution in [3.8, 4) is 0 Å². The molecule has 0 radical (unpaired) electrons. The normalized spacial score (nSPS) is 10.8. The highest BCUT2D eigenvalue weighted by molar-refractivity contribution is 5.80. The first-order chi connectivity index (χ1) is 5.68. The Hall–Kier alpha value is -1.58. The van der Waals surface area contributed by atoms with Gasteiger partial charge in [0.05, 0.1) is 5.52 Å². The Morgan fingerprint density at radius 1 is 1.25 bits per heavy atom. The van der Waals surface area contributed by atoms with Crippen molar-refractivity contribution in [1.82, 2.24) is 4.73 Å². The molecule has 0 atom stereocenters. The quantitative estimate of drug-likeness (QED) is 0.600. The van der Waals surface area contributed by atoms with Crippen LogP contribution in [0.1, 0.15) is 0 Å². The zero-order chi connectivity index (χ0) is 8.72. The summed E-state index contributed by atoms with van der Waals surface area (Å²) in [5.74, 6) is -1.37. The van der Waals surface area contributed by atoms with E-state index in [4.69, 9.17) is 5.21 Å². The molecular weight excluding hydrogens is 164 g/mol. The average molecular weight is 169 g/mol. The number of aromatic nitrogens is 1. The molecule has 0 aliphatic carbocycles. The molecular formula is C8H5F2NO. The Bertz CT molecular complexity index is 436. The second-order valence-corrected chi connectivity index (χ2v) is 2.48. The molecule has 2 nitrogen and oxygen atoms in total. The molecule has 0 aliphatic heterocycles. The molecule has 0 saturated carbocycles. The number of fused-ring (bicyclic) bond motifs is 1. The van der Waals surface area contributed by atoms with Crippen molar-refractivity contribution in [1.29, 1.82) is 0 Å². The second-order valence-electron chi connectivity index (χ2n) is 2.48. The molecule has 0 bridgehead atoms. The monoisotopic (exact) mass is 169 g/mol. The Morgan fingerprint density at radius 2 is 2.00 bits per heavy atom. The van der Waals surface area contributed by atoms with E-state index in [2.05, 4.69) is 0 Å². The Morgan fingerprint density at radius 3 is 2.75 bits per heavy atom. The van der Waals surface area contributed by atoms with Crippen LogP contribution in [0.2, 0.25) is 0 Å². The summed E-state index contributed by atoms with van der Waals surface area (Å²) in [6.45, 7) is 0. The molecule has 0 spiro atoms. The molecule has 0 amide bonds. The van der Waals surface area contributed by atoms with Gasteiger partial charge in [-0.2, -0.15) is 4.73 Å². The Kier molecular flexibility index (Phi) is 1.30. The van der Waals surface area contributed by atoms with Crippen LogP contribution in [0.15, 0.2) is 24.4 Å². The van der Waals surface area contributed by atoms with E-state index >= 15 is 0 Å². The minimum Gasteiger partial charge on any atom is -0.428 e. The lowest BCUT2D eigenvalue weighted by atomic mass is 10.2. The van der Waals surface area contributed by atoms with Crippen molar-refractivity contribution >= 4 is 10.9 Å². The molecule has 12 heavy (non-hydrogen) atoms. The maximum absolute atomic E-state index is 12.9. The van der Waals surface area contributed by atoms with Crippen molar-refractivity contribution in [3.63, 3.8) is 0 Å². The van der Waals surface area contributed by atoms with E-state index < -0.39 is 11.6 Å². The first-order valence-electron chi connectivity index (χ1n) is 3.34. The van der Waals surface area contributed by atoms with Gasteiger partial charge in [0.15, 0.2) is 0 Å². The first kappa shape index (κ1) is 7.09. The number of hydrogen-bond acceptors (Lipinski definition) is 1. The second kappa shape index (κ2) is 2.20. The van der Waals surface area contributed by atoms with E-state index in [1.54, 1.807) is 0 Å². The molecule has 4 heteroatoms. The van der Waals surface area contributed by atoms with Crippen LogP contribution in [0, 0.1) is 11.6 Å². The highest BCUT2D eigenvalue weighted by atomic mass is 19.1. The highest BCUT2D eigenvalue weighted by Gasteiger charge is 2.06. The number of nitrogens with zero attached hydrogens (tertiary/aromatic N) is 1. The van der Waals surface area contributed by atoms with Gasteiger partial charge in [0.2, 0.25) is 0 Å². The van der Waals surface area contributed by atoms with Crippen molar-refractivity contribution < 1.29 is 14.0 Å². The van der Waals surface area contributed by atoms with Gasteiger partial charge in [0, 0.05) is 23.7 Å². The smallest absolute Gasteiger partial charge is 0.135 e. The summed E-state index contributed by atoms with van der Waals surface area (Å²) in [4.78, 5) is 0. The van der Waals surface area contributed by atoms with E-state index in [0.717, 1.165) is 12.1 Å². The number of rotatable bonds is 0. The van der Waals surface area contributed by atoms with Gasteiger partial charge in [-0.1, -0.05) is 0 Å². The van der Waals surface area contributed by atoms with Crippen molar-refractivity contribution in [3.05, 3.63) is 36.0 Å². The lowest BCUT2D eigenvalue weighted by molar-refractivity contribution is 0.200. The summed E-state index contributed by atoms with van der Waals surface area (Å²) < 4.78 is 26.2. The lowest BCUT2D eigenvalue weighted by Crippen LogP contribution is -1.88. The minimum atomic E-state index is -0.700. The van der Waals surface area contributed by atoms with Crippen LogP contribution in [0.5, 0.6) is 0 Å². The molecule has 2 rings (SSSR count). The van der Waals surface area contributed by atoms with E-state index in [1.165, 1.54) is 12.3 Å². The van der Waals surface area contributed by atoms with E-state index in [9.17, 15) is 8.78 Å².